The molecule has 33 heavy (non-hydrogen) atoms. The molecule has 2 fully saturated rings. The van der Waals surface area contributed by atoms with Gasteiger partial charge in [0.2, 0.25) is 0 Å². The van der Waals surface area contributed by atoms with E-state index >= 15 is 0 Å². The van der Waals surface area contributed by atoms with Gasteiger partial charge in [-0.1, -0.05) is 12.1 Å². The Bertz CT molecular complexity index is 1410. The van der Waals surface area contributed by atoms with Crippen LogP contribution < -0.4 is 15.4 Å². The maximum atomic E-state index is 6.22. The topological polar surface area (TPSA) is 90.0 Å². The molecule has 164 valence electrons. The predicted molar refractivity (Wildman–Crippen MR) is 128 cm³/mol. The Morgan fingerprint density at radius 1 is 1.06 bits per heavy atom. The Balaban J connectivity index is 1.32. The number of piperidine rings is 1. The van der Waals surface area contributed by atoms with Gasteiger partial charge in [-0.25, -0.2) is 9.97 Å². The summed E-state index contributed by atoms with van der Waals surface area (Å²) >= 11 is 1.54. The molecule has 7 rings (SSSR count). The summed E-state index contributed by atoms with van der Waals surface area (Å²) in [6, 6.07) is 12.5. The minimum atomic E-state index is 0.341. The van der Waals surface area contributed by atoms with Crippen molar-refractivity contribution in [1.29, 1.82) is 0 Å². The predicted octanol–water partition coefficient (Wildman–Crippen LogP) is 3.54. The zero-order chi connectivity index (χ0) is 22.1. The zero-order valence-corrected chi connectivity index (χ0v) is 18.9. The van der Waals surface area contributed by atoms with E-state index in [0.717, 1.165) is 63.4 Å². The molecule has 7 nitrogen and oxygen atoms in total. The Kier molecular flexibility index (Phi) is 4.16. The molecule has 2 N–H and O–H groups in total. The van der Waals surface area contributed by atoms with Crippen LogP contribution in [0.1, 0.15) is 11.3 Å². The van der Waals surface area contributed by atoms with Gasteiger partial charge in [-0.2, -0.15) is 0 Å². The molecule has 3 aliphatic rings. The van der Waals surface area contributed by atoms with E-state index < -0.39 is 0 Å². The molecule has 0 bridgehead atoms. The smallest absolute Gasteiger partial charge is 0.194 e. The van der Waals surface area contributed by atoms with E-state index in [2.05, 4.69) is 20.9 Å². The summed E-state index contributed by atoms with van der Waals surface area (Å²) < 4.78 is 5.66. The summed E-state index contributed by atoms with van der Waals surface area (Å²) in [5.41, 5.74) is 12.5. The van der Waals surface area contributed by atoms with Crippen molar-refractivity contribution in [1.82, 2.24) is 19.9 Å². The fraction of sp³-hybridized carbons (Fsp3) is 0.280. The number of anilines is 1. The zero-order valence-electron chi connectivity index (χ0n) is 18.1. The van der Waals surface area contributed by atoms with Crippen LogP contribution in [0.25, 0.3) is 22.2 Å². The van der Waals surface area contributed by atoms with Gasteiger partial charge in [-0.15, -0.1) is 0 Å². The molecule has 0 spiro atoms. The third-order valence-electron chi connectivity index (χ3n) is 7.11. The second-order valence-electron chi connectivity index (χ2n) is 8.94. The highest BCUT2D eigenvalue weighted by Gasteiger charge is 2.54. The normalized spacial score (nSPS) is 22.2. The molecule has 2 atom stereocenters. The number of hydrogen-bond acceptors (Lipinski definition) is 8. The van der Waals surface area contributed by atoms with Crippen LogP contribution in [0.5, 0.6) is 5.75 Å². The number of methoxy groups -OCH3 is 1. The number of rotatable bonds is 4. The van der Waals surface area contributed by atoms with E-state index in [0.29, 0.717) is 17.9 Å². The SMILES string of the molecule is COc1cccc2c1Cc1nc(Sc3cnc4cccnc4c3)nc(N3CC4C(N)C4C3)c1-2. The van der Waals surface area contributed by atoms with Crippen molar-refractivity contribution in [3.8, 4) is 16.9 Å². The van der Waals surface area contributed by atoms with Gasteiger partial charge in [0.1, 0.15) is 11.6 Å². The molecular weight excluding hydrogens is 432 g/mol. The van der Waals surface area contributed by atoms with E-state index in [1.54, 1.807) is 13.3 Å². The first-order valence-electron chi connectivity index (χ1n) is 11.2. The summed E-state index contributed by atoms with van der Waals surface area (Å²) in [7, 11) is 1.72. The fourth-order valence-corrected chi connectivity index (χ4v) is 6.11. The Labute approximate surface area is 195 Å². The molecule has 2 aliphatic carbocycles. The van der Waals surface area contributed by atoms with E-state index in [9.17, 15) is 0 Å². The molecule has 3 aromatic heterocycles. The molecule has 1 aromatic carbocycles. The molecule has 8 heteroatoms. The van der Waals surface area contributed by atoms with Gasteiger partial charge in [0.25, 0.3) is 0 Å². The Morgan fingerprint density at radius 2 is 1.94 bits per heavy atom. The van der Waals surface area contributed by atoms with Gasteiger partial charge in [0, 0.05) is 54.0 Å². The summed E-state index contributed by atoms with van der Waals surface area (Å²) in [4.78, 5) is 22.4. The number of aromatic nitrogens is 4. The third-order valence-corrected chi connectivity index (χ3v) is 7.93. The molecule has 0 radical (unpaired) electrons. The first-order chi connectivity index (χ1) is 16.2. The number of ether oxygens (including phenoxy) is 1. The average molecular weight is 455 g/mol. The van der Waals surface area contributed by atoms with E-state index in [4.69, 9.17) is 20.4 Å². The molecule has 1 saturated carbocycles. The van der Waals surface area contributed by atoms with E-state index in [-0.39, 0.29) is 0 Å². The van der Waals surface area contributed by atoms with Crippen molar-refractivity contribution in [2.45, 2.75) is 22.5 Å². The van der Waals surface area contributed by atoms with Crippen LogP contribution >= 0.6 is 11.8 Å². The van der Waals surface area contributed by atoms with Crippen LogP contribution in [-0.4, -0.2) is 46.2 Å². The number of nitrogens with two attached hydrogens (primary N) is 1. The highest BCUT2D eigenvalue weighted by molar-refractivity contribution is 7.99. The lowest BCUT2D eigenvalue weighted by molar-refractivity contribution is 0.411. The second kappa shape index (κ2) is 7.13. The van der Waals surface area contributed by atoms with Crippen LogP contribution in [0.3, 0.4) is 0 Å². The second-order valence-corrected chi connectivity index (χ2v) is 9.98. The highest BCUT2D eigenvalue weighted by Crippen LogP contribution is 2.50. The highest BCUT2D eigenvalue weighted by atomic mass is 32.2. The summed E-state index contributed by atoms with van der Waals surface area (Å²) in [5, 5.41) is 0.734. The molecule has 1 saturated heterocycles. The van der Waals surface area contributed by atoms with Gasteiger partial charge >= 0.3 is 0 Å². The lowest BCUT2D eigenvalue weighted by Gasteiger charge is -2.23. The molecule has 0 amide bonds. The number of nitrogens with zero attached hydrogens (tertiary/aromatic N) is 5. The van der Waals surface area contributed by atoms with E-state index in [1.807, 2.05) is 36.5 Å². The maximum absolute atomic E-state index is 6.22. The maximum Gasteiger partial charge on any atom is 0.194 e. The minimum absolute atomic E-state index is 0.341. The van der Waals surface area contributed by atoms with Crippen LogP contribution in [0, 0.1) is 11.8 Å². The average Bonchev–Trinajstić information content (AvgIpc) is 3.20. The van der Waals surface area contributed by atoms with Crippen LogP contribution in [0.4, 0.5) is 5.82 Å². The standard InChI is InChI=1S/C25H22N6OS/c1-32-21-6-2-4-14-15(21)9-20-22(14)24(31-11-16-17(12-31)23(16)26)30-25(29-20)33-13-8-19-18(28-10-13)5-3-7-27-19/h2-8,10,16-17,23H,9,11-12,26H2,1H3. The van der Waals surface area contributed by atoms with Crippen LogP contribution in [-0.2, 0) is 6.42 Å². The molecule has 1 aliphatic heterocycles. The van der Waals surface area contributed by atoms with Crippen molar-refractivity contribution < 1.29 is 4.74 Å². The summed E-state index contributed by atoms with van der Waals surface area (Å²) in [6.45, 7) is 1.92. The Hall–Kier alpha value is -3.23. The van der Waals surface area contributed by atoms with Gasteiger partial charge in [0.15, 0.2) is 5.16 Å². The Morgan fingerprint density at radius 3 is 2.79 bits per heavy atom. The monoisotopic (exact) mass is 454 g/mol. The van der Waals surface area contributed by atoms with Gasteiger partial charge in [-0.3, -0.25) is 9.97 Å². The molecular formula is C25H22N6OS. The summed E-state index contributed by atoms with van der Waals surface area (Å²) in [5.74, 6) is 3.07. The van der Waals surface area contributed by atoms with Crippen molar-refractivity contribution in [2.75, 3.05) is 25.1 Å². The minimum Gasteiger partial charge on any atom is -0.496 e. The van der Waals surface area contributed by atoms with Crippen LogP contribution in [0.2, 0.25) is 0 Å². The van der Waals surface area contributed by atoms with Crippen LogP contribution in [0.15, 0.2) is 58.8 Å². The molecule has 4 heterocycles. The van der Waals surface area contributed by atoms with Gasteiger partial charge < -0.3 is 15.4 Å². The largest absolute Gasteiger partial charge is 0.496 e. The third kappa shape index (κ3) is 3.01. The molecule has 2 unspecified atom stereocenters. The van der Waals surface area contributed by atoms with Crippen molar-refractivity contribution in [3.05, 3.63) is 60.0 Å². The van der Waals surface area contributed by atoms with Gasteiger partial charge in [-0.05, 0) is 53.4 Å². The fourth-order valence-electron chi connectivity index (χ4n) is 5.33. The number of pyridine rings is 2. The first-order valence-corrected chi connectivity index (χ1v) is 12.0. The van der Waals surface area contributed by atoms with Crippen molar-refractivity contribution in [3.63, 3.8) is 0 Å². The number of fused-ring (bicyclic) bond motifs is 5. The van der Waals surface area contributed by atoms with Crippen molar-refractivity contribution in [2.24, 2.45) is 17.6 Å². The quantitative estimate of drug-likeness (QED) is 0.413. The molecule has 4 aromatic rings. The number of hydrogen-bond donors (Lipinski definition) is 1. The summed E-state index contributed by atoms with van der Waals surface area (Å²) in [6.07, 6.45) is 4.40. The van der Waals surface area contributed by atoms with Gasteiger partial charge in [0.05, 0.1) is 23.8 Å². The lowest BCUT2D eigenvalue weighted by atomic mass is 10.1. The van der Waals surface area contributed by atoms with Crippen molar-refractivity contribution >= 4 is 28.6 Å². The first kappa shape index (κ1) is 19.3. The van der Waals surface area contributed by atoms with E-state index in [1.165, 1.54) is 22.9 Å². The lowest BCUT2D eigenvalue weighted by Crippen LogP contribution is -2.29. The number of benzene rings is 1.